The number of rotatable bonds is 7. The van der Waals surface area contributed by atoms with Crippen molar-refractivity contribution < 1.29 is 4.79 Å². The second-order valence-electron chi connectivity index (χ2n) is 6.16. The van der Waals surface area contributed by atoms with Crippen LogP contribution >= 0.6 is 0 Å². The molecule has 2 rings (SSSR count). The Morgan fingerprint density at radius 2 is 1.61 bits per heavy atom. The third-order valence-corrected chi connectivity index (χ3v) is 4.03. The van der Waals surface area contributed by atoms with Crippen molar-refractivity contribution in [3.05, 3.63) is 70.8 Å². The smallest absolute Gasteiger partial charge is 0.251 e. The van der Waals surface area contributed by atoms with E-state index in [1.165, 1.54) is 11.1 Å². The van der Waals surface area contributed by atoms with Crippen molar-refractivity contribution in [2.45, 2.75) is 39.2 Å². The van der Waals surface area contributed by atoms with Gasteiger partial charge in [-0.3, -0.25) is 4.79 Å². The van der Waals surface area contributed by atoms with Crippen molar-refractivity contribution in [3.63, 3.8) is 0 Å². The van der Waals surface area contributed by atoms with Crippen molar-refractivity contribution in [2.24, 2.45) is 5.73 Å². The fraction of sp³-hybridized carbons (Fsp3) is 0.350. The second-order valence-corrected chi connectivity index (χ2v) is 6.16. The molecule has 0 aromatic heterocycles. The summed E-state index contributed by atoms with van der Waals surface area (Å²) >= 11 is 0. The summed E-state index contributed by atoms with van der Waals surface area (Å²) in [5, 5.41) is 2.97. The average molecular weight is 310 g/mol. The van der Waals surface area contributed by atoms with Gasteiger partial charge in [-0.1, -0.05) is 50.2 Å². The van der Waals surface area contributed by atoms with Gasteiger partial charge in [0.25, 0.3) is 5.91 Å². The van der Waals surface area contributed by atoms with E-state index in [2.05, 4.69) is 43.4 Å². The van der Waals surface area contributed by atoms with Crippen molar-refractivity contribution in [2.75, 3.05) is 6.54 Å². The van der Waals surface area contributed by atoms with E-state index in [1.807, 2.05) is 24.3 Å². The summed E-state index contributed by atoms with van der Waals surface area (Å²) in [5.74, 6) is 0.540. The van der Waals surface area contributed by atoms with E-state index < -0.39 is 0 Å². The molecular weight excluding hydrogens is 284 g/mol. The zero-order chi connectivity index (χ0) is 16.7. The Kier molecular flexibility index (Phi) is 6.36. The number of carbonyl (C=O) groups is 1. The highest BCUT2D eigenvalue weighted by Gasteiger charge is 2.04. The Balaban J connectivity index is 1.74. The van der Waals surface area contributed by atoms with Crippen molar-refractivity contribution in [3.8, 4) is 0 Å². The Hall–Kier alpha value is -2.13. The fourth-order valence-corrected chi connectivity index (χ4v) is 2.46. The summed E-state index contributed by atoms with van der Waals surface area (Å²) in [4.78, 5) is 12.0. The molecule has 3 nitrogen and oxygen atoms in total. The lowest BCUT2D eigenvalue weighted by atomic mass is 10.0. The highest BCUT2D eigenvalue weighted by atomic mass is 16.1. The Labute approximate surface area is 138 Å². The first-order valence-corrected chi connectivity index (χ1v) is 8.26. The highest BCUT2D eigenvalue weighted by molar-refractivity contribution is 5.94. The second kappa shape index (κ2) is 8.49. The van der Waals surface area contributed by atoms with Gasteiger partial charge in [-0.2, -0.15) is 0 Å². The summed E-state index contributed by atoms with van der Waals surface area (Å²) in [6, 6.07) is 16.2. The first-order valence-electron chi connectivity index (χ1n) is 8.26. The molecule has 0 spiro atoms. The molecule has 0 aliphatic heterocycles. The van der Waals surface area contributed by atoms with E-state index in [-0.39, 0.29) is 5.91 Å². The quantitative estimate of drug-likeness (QED) is 0.767. The van der Waals surface area contributed by atoms with Crippen LogP contribution in [0, 0.1) is 0 Å². The number of nitrogens with two attached hydrogens (primary N) is 1. The minimum atomic E-state index is -0.0243. The Bertz CT molecular complexity index is 615. The summed E-state index contributed by atoms with van der Waals surface area (Å²) in [6.45, 7) is 5.58. The largest absolute Gasteiger partial charge is 0.352 e. The van der Waals surface area contributed by atoms with Gasteiger partial charge < -0.3 is 11.1 Å². The minimum Gasteiger partial charge on any atom is -0.352 e. The summed E-state index contributed by atoms with van der Waals surface area (Å²) in [7, 11) is 0. The first-order chi connectivity index (χ1) is 11.1. The number of carbonyl (C=O) groups excluding carboxylic acids is 1. The molecule has 0 heterocycles. The van der Waals surface area contributed by atoms with E-state index in [0.717, 1.165) is 18.4 Å². The lowest BCUT2D eigenvalue weighted by Gasteiger charge is -2.08. The van der Waals surface area contributed by atoms with E-state index in [0.29, 0.717) is 24.6 Å². The molecular formula is C20H26N2O. The molecule has 122 valence electrons. The highest BCUT2D eigenvalue weighted by Crippen LogP contribution is 2.15. The molecule has 0 bridgehead atoms. The molecule has 0 aliphatic carbocycles. The molecule has 0 unspecified atom stereocenters. The maximum atomic E-state index is 12.0. The first kappa shape index (κ1) is 17.2. The van der Waals surface area contributed by atoms with Gasteiger partial charge in [-0.05, 0) is 47.6 Å². The van der Waals surface area contributed by atoms with E-state index in [4.69, 9.17) is 5.73 Å². The average Bonchev–Trinajstić information content (AvgIpc) is 2.59. The predicted molar refractivity (Wildman–Crippen MR) is 95.5 cm³/mol. The zero-order valence-electron chi connectivity index (χ0n) is 14.0. The molecule has 1 amide bonds. The molecule has 0 saturated carbocycles. The van der Waals surface area contributed by atoms with Gasteiger partial charge in [0.05, 0.1) is 0 Å². The van der Waals surface area contributed by atoms with Gasteiger partial charge in [0, 0.05) is 18.7 Å². The van der Waals surface area contributed by atoms with Gasteiger partial charge in [0.2, 0.25) is 0 Å². The Morgan fingerprint density at radius 3 is 2.17 bits per heavy atom. The molecule has 3 heteroatoms. The predicted octanol–water partition coefficient (Wildman–Crippen LogP) is 3.63. The molecule has 3 N–H and O–H groups in total. The van der Waals surface area contributed by atoms with Crippen molar-refractivity contribution >= 4 is 5.91 Å². The molecule has 2 aromatic rings. The zero-order valence-corrected chi connectivity index (χ0v) is 14.0. The van der Waals surface area contributed by atoms with Crippen LogP contribution in [0.15, 0.2) is 48.5 Å². The van der Waals surface area contributed by atoms with Crippen molar-refractivity contribution in [1.82, 2.24) is 5.32 Å². The van der Waals surface area contributed by atoms with Crippen LogP contribution in [-0.4, -0.2) is 12.5 Å². The summed E-state index contributed by atoms with van der Waals surface area (Å²) < 4.78 is 0. The number of amides is 1. The lowest BCUT2D eigenvalue weighted by molar-refractivity contribution is 0.0953. The summed E-state index contributed by atoms with van der Waals surface area (Å²) in [5.41, 5.74) is 9.95. The molecule has 0 radical (unpaired) electrons. The van der Waals surface area contributed by atoms with Gasteiger partial charge >= 0.3 is 0 Å². The Morgan fingerprint density at radius 1 is 1.00 bits per heavy atom. The van der Waals surface area contributed by atoms with Crippen LogP contribution in [0.5, 0.6) is 0 Å². The number of hydrogen-bond acceptors (Lipinski definition) is 2. The molecule has 0 fully saturated rings. The summed E-state index contributed by atoms with van der Waals surface area (Å²) in [6.07, 6.45) is 1.92. The van der Waals surface area contributed by atoms with E-state index in [1.54, 1.807) is 0 Å². The molecule has 2 aromatic carbocycles. The lowest BCUT2D eigenvalue weighted by Crippen LogP contribution is -2.24. The van der Waals surface area contributed by atoms with E-state index in [9.17, 15) is 4.79 Å². The third-order valence-electron chi connectivity index (χ3n) is 4.03. The standard InChI is InChI=1S/C20H26N2O/c1-15(2)18-9-5-16(6-10-18)4-3-13-22-20(23)19-11-7-17(14-21)8-12-19/h5-12,15H,3-4,13-14,21H2,1-2H3,(H,22,23). The molecule has 0 atom stereocenters. The van der Waals surface area contributed by atoms with Crippen LogP contribution in [0.2, 0.25) is 0 Å². The minimum absolute atomic E-state index is 0.0243. The maximum Gasteiger partial charge on any atom is 0.251 e. The van der Waals surface area contributed by atoms with Crippen LogP contribution < -0.4 is 11.1 Å². The van der Waals surface area contributed by atoms with E-state index >= 15 is 0 Å². The van der Waals surface area contributed by atoms with Crippen LogP contribution in [0.25, 0.3) is 0 Å². The van der Waals surface area contributed by atoms with Gasteiger partial charge in [0.15, 0.2) is 0 Å². The maximum absolute atomic E-state index is 12.0. The van der Waals surface area contributed by atoms with Gasteiger partial charge in [0.1, 0.15) is 0 Å². The molecule has 0 saturated heterocycles. The number of nitrogens with one attached hydrogen (secondary N) is 1. The molecule has 23 heavy (non-hydrogen) atoms. The van der Waals surface area contributed by atoms with Gasteiger partial charge in [-0.25, -0.2) is 0 Å². The fourth-order valence-electron chi connectivity index (χ4n) is 2.46. The van der Waals surface area contributed by atoms with Gasteiger partial charge in [-0.15, -0.1) is 0 Å². The van der Waals surface area contributed by atoms with Crippen molar-refractivity contribution in [1.29, 1.82) is 0 Å². The van der Waals surface area contributed by atoms with Crippen LogP contribution in [0.3, 0.4) is 0 Å². The van der Waals surface area contributed by atoms with Crippen LogP contribution in [0.4, 0.5) is 0 Å². The topological polar surface area (TPSA) is 55.1 Å². The monoisotopic (exact) mass is 310 g/mol. The number of aryl methyl sites for hydroxylation is 1. The van der Waals surface area contributed by atoms with Crippen LogP contribution in [0.1, 0.15) is 53.2 Å². The molecule has 0 aliphatic rings. The van der Waals surface area contributed by atoms with Crippen LogP contribution in [-0.2, 0) is 13.0 Å². The SMILES string of the molecule is CC(C)c1ccc(CCCNC(=O)c2ccc(CN)cc2)cc1. The number of benzene rings is 2. The normalized spacial score (nSPS) is 10.8. The number of hydrogen-bond donors (Lipinski definition) is 2. The third kappa shape index (κ3) is 5.22.